The Bertz CT molecular complexity index is 371. The number of thiophene rings is 1. The molecule has 1 saturated carbocycles. The molecule has 0 N–H and O–H groups in total. The van der Waals surface area contributed by atoms with E-state index in [2.05, 4.69) is 27.9 Å². The Labute approximate surface area is 109 Å². The molecule has 16 heavy (non-hydrogen) atoms. The molecule has 0 bridgehead atoms. The topological polar surface area (TPSA) is 20.3 Å². The standard InChI is InChI=1S/C12H16BrNOS/c1-14(9-4-2-3-5-9)8-10(15)11-6-7-12(13)16-11/h6-7,9H,2-5,8H2,1H3. The van der Waals surface area contributed by atoms with E-state index in [-0.39, 0.29) is 5.78 Å². The van der Waals surface area contributed by atoms with Crippen molar-refractivity contribution >= 4 is 33.0 Å². The van der Waals surface area contributed by atoms with Gasteiger partial charge in [0.05, 0.1) is 15.2 Å². The summed E-state index contributed by atoms with van der Waals surface area (Å²) in [5, 5.41) is 0. The van der Waals surface area contributed by atoms with Gasteiger partial charge < -0.3 is 0 Å². The monoisotopic (exact) mass is 301 g/mol. The highest BCUT2D eigenvalue weighted by molar-refractivity contribution is 9.11. The number of ketones is 1. The number of nitrogens with zero attached hydrogens (tertiary/aromatic N) is 1. The van der Waals surface area contributed by atoms with Crippen LogP contribution in [0.5, 0.6) is 0 Å². The van der Waals surface area contributed by atoms with Crippen LogP contribution in [0.2, 0.25) is 0 Å². The van der Waals surface area contributed by atoms with Crippen LogP contribution in [0.4, 0.5) is 0 Å². The van der Waals surface area contributed by atoms with Crippen LogP contribution in [0.25, 0.3) is 0 Å². The maximum absolute atomic E-state index is 12.0. The number of likely N-dealkylation sites (N-methyl/N-ethyl adjacent to an activating group) is 1. The van der Waals surface area contributed by atoms with Crippen LogP contribution in [0, 0.1) is 0 Å². The molecule has 1 fully saturated rings. The lowest BCUT2D eigenvalue weighted by atomic mass is 10.2. The molecule has 0 atom stereocenters. The average molecular weight is 302 g/mol. The van der Waals surface area contributed by atoms with Crippen LogP contribution < -0.4 is 0 Å². The van der Waals surface area contributed by atoms with Gasteiger partial charge in [-0.1, -0.05) is 12.8 Å². The van der Waals surface area contributed by atoms with Gasteiger partial charge in [0, 0.05) is 6.04 Å². The molecular formula is C12H16BrNOS. The second-order valence-electron chi connectivity index (χ2n) is 4.38. The van der Waals surface area contributed by atoms with Crippen molar-refractivity contribution in [2.24, 2.45) is 0 Å². The zero-order chi connectivity index (χ0) is 11.5. The van der Waals surface area contributed by atoms with Gasteiger partial charge in [0.15, 0.2) is 5.78 Å². The number of rotatable bonds is 4. The number of Topliss-reactive ketones (excluding diaryl/α,β-unsaturated/α-hetero) is 1. The molecule has 0 spiro atoms. The van der Waals surface area contributed by atoms with Crippen LogP contribution in [0.15, 0.2) is 15.9 Å². The highest BCUT2D eigenvalue weighted by atomic mass is 79.9. The van der Waals surface area contributed by atoms with Gasteiger partial charge in [-0.15, -0.1) is 11.3 Å². The van der Waals surface area contributed by atoms with Gasteiger partial charge in [0.2, 0.25) is 0 Å². The van der Waals surface area contributed by atoms with Crippen molar-refractivity contribution < 1.29 is 4.79 Å². The molecule has 1 aliphatic carbocycles. The van der Waals surface area contributed by atoms with Crippen molar-refractivity contribution in [3.05, 3.63) is 20.8 Å². The Morgan fingerprint density at radius 2 is 2.19 bits per heavy atom. The van der Waals surface area contributed by atoms with Crippen LogP contribution in [-0.4, -0.2) is 30.3 Å². The zero-order valence-corrected chi connectivity index (χ0v) is 11.8. The molecule has 4 heteroatoms. The van der Waals surface area contributed by atoms with Crippen molar-refractivity contribution in [3.63, 3.8) is 0 Å². The number of halogens is 1. The van der Waals surface area contributed by atoms with Gasteiger partial charge in [0.25, 0.3) is 0 Å². The first-order chi connectivity index (χ1) is 7.66. The highest BCUT2D eigenvalue weighted by Gasteiger charge is 2.21. The largest absolute Gasteiger partial charge is 0.296 e. The number of carbonyl (C=O) groups is 1. The second kappa shape index (κ2) is 5.43. The first kappa shape index (κ1) is 12.3. The van der Waals surface area contributed by atoms with E-state index in [9.17, 15) is 4.79 Å². The summed E-state index contributed by atoms with van der Waals surface area (Å²) in [5.74, 6) is 0.241. The normalized spacial score (nSPS) is 17.2. The molecule has 1 aliphatic rings. The smallest absolute Gasteiger partial charge is 0.186 e. The predicted octanol–water partition coefficient (Wildman–Crippen LogP) is 3.57. The van der Waals surface area contributed by atoms with Crippen molar-refractivity contribution in [2.45, 2.75) is 31.7 Å². The molecule has 0 saturated heterocycles. The molecule has 0 radical (unpaired) electrons. The summed E-state index contributed by atoms with van der Waals surface area (Å²) in [7, 11) is 2.07. The molecule has 2 rings (SSSR count). The summed E-state index contributed by atoms with van der Waals surface area (Å²) < 4.78 is 1.03. The van der Waals surface area contributed by atoms with E-state index in [0.29, 0.717) is 12.6 Å². The molecule has 1 aromatic heterocycles. The maximum atomic E-state index is 12.0. The minimum absolute atomic E-state index is 0.241. The van der Waals surface area contributed by atoms with Crippen molar-refractivity contribution in [1.29, 1.82) is 0 Å². The Morgan fingerprint density at radius 1 is 1.50 bits per heavy atom. The lowest BCUT2D eigenvalue weighted by Gasteiger charge is -2.22. The molecule has 0 aliphatic heterocycles. The lowest BCUT2D eigenvalue weighted by molar-refractivity contribution is 0.0925. The summed E-state index contributed by atoms with van der Waals surface area (Å²) >= 11 is 4.91. The zero-order valence-electron chi connectivity index (χ0n) is 9.41. The molecule has 2 nitrogen and oxygen atoms in total. The van der Waals surface area contributed by atoms with Crippen LogP contribution >= 0.6 is 27.3 Å². The highest BCUT2D eigenvalue weighted by Crippen LogP contribution is 2.25. The fourth-order valence-corrected chi connectivity index (χ4v) is 3.56. The van der Waals surface area contributed by atoms with E-state index in [1.165, 1.54) is 37.0 Å². The molecule has 0 unspecified atom stereocenters. The number of hydrogen-bond donors (Lipinski definition) is 0. The fraction of sp³-hybridized carbons (Fsp3) is 0.583. The minimum atomic E-state index is 0.241. The van der Waals surface area contributed by atoms with E-state index in [4.69, 9.17) is 0 Å². The maximum Gasteiger partial charge on any atom is 0.186 e. The molecule has 0 aromatic carbocycles. The fourth-order valence-electron chi connectivity index (χ4n) is 2.24. The summed E-state index contributed by atoms with van der Waals surface area (Å²) in [5.41, 5.74) is 0. The Balaban J connectivity index is 1.91. The predicted molar refractivity (Wildman–Crippen MR) is 71.2 cm³/mol. The minimum Gasteiger partial charge on any atom is -0.296 e. The molecule has 1 aromatic rings. The number of hydrogen-bond acceptors (Lipinski definition) is 3. The van der Waals surface area contributed by atoms with E-state index >= 15 is 0 Å². The van der Waals surface area contributed by atoms with Crippen LogP contribution in [-0.2, 0) is 0 Å². The van der Waals surface area contributed by atoms with Gasteiger partial charge in [-0.2, -0.15) is 0 Å². The molecule has 88 valence electrons. The molecular weight excluding hydrogens is 286 g/mol. The van der Waals surface area contributed by atoms with Gasteiger partial charge in [-0.25, -0.2) is 0 Å². The van der Waals surface area contributed by atoms with E-state index in [1.807, 2.05) is 12.1 Å². The van der Waals surface area contributed by atoms with Gasteiger partial charge in [-0.05, 0) is 48.0 Å². The number of carbonyl (C=O) groups excluding carboxylic acids is 1. The van der Waals surface area contributed by atoms with Gasteiger partial charge in [0.1, 0.15) is 0 Å². The molecule has 1 heterocycles. The third-order valence-corrected chi connectivity index (χ3v) is 4.85. The third-order valence-electron chi connectivity index (χ3n) is 3.19. The summed E-state index contributed by atoms with van der Waals surface area (Å²) in [4.78, 5) is 15.0. The lowest BCUT2D eigenvalue weighted by Crippen LogP contribution is -2.33. The SMILES string of the molecule is CN(CC(=O)c1ccc(Br)s1)C1CCCC1. The summed E-state index contributed by atoms with van der Waals surface area (Å²) in [6.07, 6.45) is 5.12. The summed E-state index contributed by atoms with van der Waals surface area (Å²) in [6, 6.07) is 4.46. The van der Waals surface area contributed by atoms with Crippen LogP contribution in [0.1, 0.15) is 35.4 Å². The van der Waals surface area contributed by atoms with E-state index in [1.54, 1.807) is 0 Å². The Morgan fingerprint density at radius 3 is 2.75 bits per heavy atom. The van der Waals surface area contributed by atoms with Gasteiger partial charge >= 0.3 is 0 Å². The molecule has 0 amide bonds. The van der Waals surface area contributed by atoms with E-state index < -0.39 is 0 Å². The Hall–Kier alpha value is -0.190. The first-order valence-corrected chi connectivity index (χ1v) is 7.26. The van der Waals surface area contributed by atoms with Crippen molar-refractivity contribution in [1.82, 2.24) is 4.90 Å². The Kier molecular flexibility index (Phi) is 4.16. The average Bonchev–Trinajstić information content (AvgIpc) is 2.87. The first-order valence-electron chi connectivity index (χ1n) is 5.65. The quantitative estimate of drug-likeness (QED) is 0.793. The summed E-state index contributed by atoms with van der Waals surface area (Å²) in [6.45, 7) is 0.553. The van der Waals surface area contributed by atoms with Crippen molar-refractivity contribution in [3.8, 4) is 0 Å². The van der Waals surface area contributed by atoms with Gasteiger partial charge in [-0.3, -0.25) is 9.69 Å². The second-order valence-corrected chi connectivity index (χ2v) is 6.84. The van der Waals surface area contributed by atoms with E-state index in [0.717, 1.165) is 8.66 Å². The third kappa shape index (κ3) is 2.93. The van der Waals surface area contributed by atoms with Crippen molar-refractivity contribution in [2.75, 3.05) is 13.6 Å². The van der Waals surface area contributed by atoms with Crippen LogP contribution in [0.3, 0.4) is 0 Å².